The summed E-state index contributed by atoms with van der Waals surface area (Å²) in [6, 6.07) is 0. The molecule has 1 fully saturated rings. The summed E-state index contributed by atoms with van der Waals surface area (Å²) in [7, 11) is 5.87. The van der Waals surface area contributed by atoms with Gasteiger partial charge in [-0.05, 0) is 33.4 Å². The van der Waals surface area contributed by atoms with E-state index in [1.54, 1.807) is 7.11 Å². The van der Waals surface area contributed by atoms with E-state index >= 15 is 0 Å². The van der Waals surface area contributed by atoms with Gasteiger partial charge in [-0.15, -0.1) is 11.6 Å². The molecule has 0 amide bonds. The summed E-state index contributed by atoms with van der Waals surface area (Å²) in [4.78, 5) is 2.17. The number of ether oxygens (including phenoxy) is 1. The predicted octanol–water partition coefficient (Wildman–Crippen LogP) is 2.50. The van der Waals surface area contributed by atoms with Crippen LogP contribution in [-0.4, -0.2) is 47.8 Å². The van der Waals surface area contributed by atoms with Crippen LogP contribution >= 0.6 is 11.6 Å². The van der Waals surface area contributed by atoms with Crippen molar-refractivity contribution in [3.8, 4) is 5.75 Å². The Morgan fingerprint density at radius 1 is 1.58 bits per heavy atom. The summed E-state index contributed by atoms with van der Waals surface area (Å²) in [5.74, 6) is 0.895. The van der Waals surface area contributed by atoms with Gasteiger partial charge >= 0.3 is 0 Å². The quantitative estimate of drug-likeness (QED) is 0.779. The second-order valence-electron chi connectivity index (χ2n) is 5.99. The van der Waals surface area contributed by atoms with Crippen molar-refractivity contribution in [1.29, 1.82) is 0 Å². The molecule has 1 aliphatic carbocycles. The van der Waals surface area contributed by atoms with Crippen molar-refractivity contribution in [3.05, 3.63) is 11.9 Å². The number of likely N-dealkylation sites (N-methyl/N-ethyl adjacent to an activating group) is 1. The summed E-state index contributed by atoms with van der Waals surface area (Å²) < 4.78 is 7.60. The largest absolute Gasteiger partial charge is 0.493 e. The van der Waals surface area contributed by atoms with Gasteiger partial charge in [-0.25, -0.2) is 0 Å². The minimum Gasteiger partial charge on any atom is -0.493 e. The van der Waals surface area contributed by atoms with E-state index in [0.29, 0.717) is 0 Å². The van der Waals surface area contributed by atoms with E-state index < -0.39 is 0 Å². The molecule has 2 rings (SSSR count). The summed E-state index contributed by atoms with van der Waals surface area (Å²) in [6.45, 7) is 4.13. The topological polar surface area (TPSA) is 30.3 Å². The molecule has 0 bridgehead atoms. The van der Waals surface area contributed by atoms with Gasteiger partial charge in [0.25, 0.3) is 0 Å². The number of halogens is 1. The van der Waals surface area contributed by atoms with Crippen LogP contribution in [-0.2, 0) is 12.0 Å². The van der Waals surface area contributed by atoms with Gasteiger partial charge in [-0.3, -0.25) is 4.68 Å². The Morgan fingerprint density at radius 3 is 2.84 bits per heavy atom. The molecule has 1 aliphatic rings. The summed E-state index contributed by atoms with van der Waals surface area (Å²) in [5.41, 5.74) is 1.29. The van der Waals surface area contributed by atoms with Crippen molar-refractivity contribution < 1.29 is 4.74 Å². The average Bonchev–Trinajstić information content (AvgIpc) is 2.91. The highest BCUT2D eigenvalue weighted by molar-refractivity contribution is 6.20. The molecule has 0 spiro atoms. The lowest BCUT2D eigenvalue weighted by Crippen LogP contribution is -2.27. The lowest BCUT2D eigenvalue weighted by Gasteiger charge is -2.26. The first-order valence-corrected chi connectivity index (χ1v) is 7.29. The molecule has 1 heterocycles. The van der Waals surface area contributed by atoms with E-state index in [9.17, 15) is 0 Å². The van der Waals surface area contributed by atoms with Crippen molar-refractivity contribution in [3.63, 3.8) is 0 Å². The molecule has 0 aliphatic heterocycles. The van der Waals surface area contributed by atoms with Gasteiger partial charge in [0.15, 0.2) is 5.75 Å². The standard InChI is InChI=1S/C14H24ClN3O/c1-14(6-5-11(15)9-14)13-12(19-4)10-16-18(13)8-7-17(2)3/h10-11H,5-9H2,1-4H3. The second-order valence-corrected chi connectivity index (χ2v) is 6.61. The monoisotopic (exact) mass is 285 g/mol. The van der Waals surface area contributed by atoms with Crippen LogP contribution in [0.4, 0.5) is 0 Å². The second kappa shape index (κ2) is 5.71. The van der Waals surface area contributed by atoms with Crippen molar-refractivity contribution in [1.82, 2.24) is 14.7 Å². The third-order valence-electron chi connectivity index (χ3n) is 4.04. The van der Waals surface area contributed by atoms with Crippen molar-refractivity contribution in [2.24, 2.45) is 0 Å². The molecule has 5 heteroatoms. The van der Waals surface area contributed by atoms with Gasteiger partial charge in [-0.2, -0.15) is 5.10 Å². The van der Waals surface area contributed by atoms with Crippen LogP contribution in [0, 0.1) is 0 Å². The average molecular weight is 286 g/mol. The Morgan fingerprint density at radius 2 is 2.32 bits per heavy atom. The van der Waals surface area contributed by atoms with Gasteiger partial charge in [-0.1, -0.05) is 6.92 Å². The smallest absolute Gasteiger partial charge is 0.160 e. The third-order valence-corrected chi connectivity index (χ3v) is 4.41. The van der Waals surface area contributed by atoms with Crippen LogP contribution < -0.4 is 4.74 Å². The van der Waals surface area contributed by atoms with E-state index in [1.807, 2.05) is 6.20 Å². The SMILES string of the molecule is COc1cnn(CCN(C)C)c1C1(C)CCC(Cl)C1. The number of hydrogen-bond acceptors (Lipinski definition) is 3. The lowest BCUT2D eigenvalue weighted by molar-refractivity contribution is 0.340. The molecule has 1 aromatic heterocycles. The highest BCUT2D eigenvalue weighted by Gasteiger charge is 2.40. The Labute approximate surface area is 120 Å². The van der Waals surface area contributed by atoms with Crippen molar-refractivity contribution in [2.75, 3.05) is 27.7 Å². The first kappa shape index (κ1) is 14.7. The minimum atomic E-state index is 0.0839. The Kier molecular flexibility index (Phi) is 4.41. The number of aromatic nitrogens is 2. The van der Waals surface area contributed by atoms with Crippen LogP contribution in [0.25, 0.3) is 0 Å². The van der Waals surface area contributed by atoms with Crippen LogP contribution in [0.15, 0.2) is 6.20 Å². The highest BCUT2D eigenvalue weighted by atomic mass is 35.5. The first-order chi connectivity index (χ1) is 8.96. The molecular weight excluding hydrogens is 262 g/mol. The molecule has 2 unspecified atom stereocenters. The number of rotatable bonds is 5. The molecule has 2 atom stereocenters. The fourth-order valence-corrected chi connectivity index (χ4v) is 3.42. The number of alkyl halides is 1. The van der Waals surface area contributed by atoms with Crippen LogP contribution in [0.1, 0.15) is 31.9 Å². The zero-order chi connectivity index (χ0) is 14.0. The number of methoxy groups -OCH3 is 1. The molecular formula is C14H24ClN3O. The first-order valence-electron chi connectivity index (χ1n) is 6.85. The summed E-state index contributed by atoms with van der Waals surface area (Å²) in [6.07, 6.45) is 5.00. The molecule has 1 saturated carbocycles. The maximum atomic E-state index is 6.31. The van der Waals surface area contributed by atoms with E-state index in [4.69, 9.17) is 16.3 Å². The maximum Gasteiger partial charge on any atom is 0.160 e. The fourth-order valence-electron chi connectivity index (χ4n) is 2.97. The molecule has 19 heavy (non-hydrogen) atoms. The zero-order valence-corrected chi connectivity index (χ0v) is 13.1. The molecule has 108 valence electrons. The molecule has 4 nitrogen and oxygen atoms in total. The van der Waals surface area contributed by atoms with Gasteiger partial charge in [0.05, 0.1) is 25.5 Å². The van der Waals surface area contributed by atoms with Crippen LogP contribution in [0.3, 0.4) is 0 Å². The molecule has 0 N–H and O–H groups in total. The Bertz CT molecular complexity index is 432. The van der Waals surface area contributed by atoms with Gasteiger partial charge in [0.1, 0.15) is 0 Å². The predicted molar refractivity (Wildman–Crippen MR) is 78.2 cm³/mol. The third kappa shape index (κ3) is 3.06. The molecule has 0 saturated heterocycles. The van der Waals surface area contributed by atoms with E-state index in [0.717, 1.165) is 38.1 Å². The summed E-state index contributed by atoms with van der Waals surface area (Å²) in [5, 5.41) is 4.77. The Hall–Kier alpha value is -0.740. The van der Waals surface area contributed by atoms with E-state index in [1.165, 1.54) is 5.69 Å². The normalized spacial score (nSPS) is 27.2. The highest BCUT2D eigenvalue weighted by Crippen LogP contribution is 2.45. The maximum absolute atomic E-state index is 6.31. The van der Waals surface area contributed by atoms with Crippen LogP contribution in [0.5, 0.6) is 5.75 Å². The van der Waals surface area contributed by atoms with Crippen LogP contribution in [0.2, 0.25) is 0 Å². The van der Waals surface area contributed by atoms with E-state index in [2.05, 4.69) is 35.7 Å². The van der Waals surface area contributed by atoms with Crippen molar-refractivity contribution in [2.45, 2.75) is 43.5 Å². The summed E-state index contributed by atoms with van der Waals surface area (Å²) >= 11 is 6.31. The van der Waals surface area contributed by atoms with Crippen molar-refractivity contribution >= 4 is 11.6 Å². The molecule has 1 aromatic rings. The molecule has 0 radical (unpaired) electrons. The zero-order valence-electron chi connectivity index (χ0n) is 12.3. The van der Waals surface area contributed by atoms with Gasteiger partial charge < -0.3 is 9.64 Å². The molecule has 0 aromatic carbocycles. The lowest BCUT2D eigenvalue weighted by atomic mass is 9.84. The van der Waals surface area contributed by atoms with Gasteiger partial charge in [0, 0.05) is 17.3 Å². The number of hydrogen-bond donors (Lipinski definition) is 0. The van der Waals surface area contributed by atoms with E-state index in [-0.39, 0.29) is 10.8 Å². The van der Waals surface area contributed by atoms with Gasteiger partial charge in [0.2, 0.25) is 0 Å². The Balaban J connectivity index is 2.28. The number of nitrogens with zero attached hydrogens (tertiary/aromatic N) is 3. The minimum absolute atomic E-state index is 0.0839. The fraction of sp³-hybridized carbons (Fsp3) is 0.786.